The second-order valence-corrected chi connectivity index (χ2v) is 11.5. The largest absolute Gasteiger partial charge is 0.456 e. The van der Waals surface area contributed by atoms with E-state index in [0.717, 1.165) is 18.4 Å². The van der Waals surface area contributed by atoms with Crippen molar-refractivity contribution < 1.29 is 19.1 Å². The fraction of sp³-hybridized carbons (Fsp3) is 0.387. The Morgan fingerprint density at radius 1 is 1.14 bits per heavy atom. The number of amides is 1. The molecule has 1 fully saturated rings. The lowest BCUT2D eigenvalue weighted by atomic mass is 10.0. The Balaban J connectivity index is 1.31. The molecule has 0 saturated carbocycles. The molecule has 3 heterocycles. The van der Waals surface area contributed by atoms with Crippen LogP contribution in [0.25, 0.3) is 0 Å². The number of nitrogens with zero attached hydrogens (tertiary/aromatic N) is 6. The number of anilines is 1. The van der Waals surface area contributed by atoms with Crippen LogP contribution < -0.4 is 15.3 Å². The zero-order valence-corrected chi connectivity index (χ0v) is 24.6. The molecule has 5 rings (SSSR count). The average Bonchev–Trinajstić information content (AvgIpc) is 3.33. The number of ether oxygens (including phenoxy) is 2. The van der Waals surface area contributed by atoms with E-state index >= 15 is 0 Å². The summed E-state index contributed by atoms with van der Waals surface area (Å²) in [5.41, 5.74) is 2.00. The highest BCUT2D eigenvalue weighted by molar-refractivity contribution is 5.97. The van der Waals surface area contributed by atoms with Gasteiger partial charge < -0.3 is 19.3 Å². The van der Waals surface area contributed by atoms with Crippen LogP contribution in [0.3, 0.4) is 0 Å². The normalized spacial score (nSPS) is 19.7. The minimum absolute atomic E-state index is 0.0189. The molecule has 2 N–H and O–H groups in total. The minimum Gasteiger partial charge on any atom is -0.456 e. The molecule has 0 bridgehead atoms. The van der Waals surface area contributed by atoms with E-state index in [9.17, 15) is 9.59 Å². The van der Waals surface area contributed by atoms with Gasteiger partial charge in [0.2, 0.25) is 12.3 Å². The van der Waals surface area contributed by atoms with Gasteiger partial charge in [0.25, 0.3) is 5.82 Å². The van der Waals surface area contributed by atoms with Crippen LogP contribution in [-0.2, 0) is 16.1 Å². The zero-order chi connectivity index (χ0) is 29.9. The van der Waals surface area contributed by atoms with E-state index in [1.807, 2.05) is 58.0 Å². The zero-order valence-electron chi connectivity index (χ0n) is 24.6. The van der Waals surface area contributed by atoms with Crippen molar-refractivity contribution in [2.24, 2.45) is 10.8 Å². The Labute approximate surface area is 246 Å². The highest BCUT2D eigenvalue weighted by Gasteiger charge is 2.39. The smallest absolute Gasteiger partial charge is 0.410 e. The van der Waals surface area contributed by atoms with Crippen molar-refractivity contribution in [3.05, 3.63) is 71.9 Å². The Bertz CT molecular complexity index is 1470. The van der Waals surface area contributed by atoms with Gasteiger partial charge in [-0.15, -0.1) is 4.59 Å². The van der Waals surface area contributed by atoms with Crippen LogP contribution >= 0.6 is 0 Å². The molecule has 11 heteroatoms. The van der Waals surface area contributed by atoms with Gasteiger partial charge in [-0.2, -0.15) is 15.8 Å². The molecule has 0 spiro atoms. The molecule has 2 unspecified atom stereocenters. The lowest BCUT2D eigenvalue weighted by molar-refractivity contribution is 0.00694. The number of quaternary nitrogens is 1. The van der Waals surface area contributed by atoms with E-state index in [4.69, 9.17) is 20.3 Å². The van der Waals surface area contributed by atoms with Gasteiger partial charge in [-0.25, -0.2) is 14.6 Å². The molecule has 2 aliphatic heterocycles. The summed E-state index contributed by atoms with van der Waals surface area (Å²) in [6, 6.07) is 16.6. The first kappa shape index (κ1) is 29.2. The van der Waals surface area contributed by atoms with E-state index in [1.54, 1.807) is 41.7 Å². The Hall–Kier alpha value is -4.35. The van der Waals surface area contributed by atoms with Crippen LogP contribution in [0.5, 0.6) is 0 Å². The summed E-state index contributed by atoms with van der Waals surface area (Å²) < 4.78 is 10.8. The molecule has 42 heavy (non-hydrogen) atoms. The maximum Gasteiger partial charge on any atom is 0.410 e. The summed E-state index contributed by atoms with van der Waals surface area (Å²) in [6.07, 6.45) is 4.69. The van der Waals surface area contributed by atoms with Gasteiger partial charge in [0.15, 0.2) is 5.69 Å². The standard InChI is InChI=1S/C31H38N7O4/c1-5-37(24-12-9-17-36(19-24)30(40)41-20-22-10-7-6-8-11-22)29-33-16-15-27(35-29)38(32)21-34-25-18-23(13-14-26(25)38)28(39)42-31(2,3)4/h6-8,10-11,13-16,18,21,24H,5,9,12,17,19-20,32H2,1-4H3/q+1. The third kappa shape index (κ3) is 6.27. The molecule has 1 aromatic heterocycles. The molecule has 2 aliphatic rings. The number of aliphatic imine (C=N–C) groups is 1. The number of esters is 1. The van der Waals surface area contributed by atoms with Crippen molar-refractivity contribution in [2.45, 2.75) is 58.8 Å². The SMILES string of the molecule is CCN(c1nccc([N+]2(N)C=Nc3cc(C(=O)OC(C)(C)C)ccc32)n1)C1CCCN(C(=O)OCc2ccccc2)C1. The number of hydrogen-bond acceptors (Lipinski definition) is 9. The molecule has 11 nitrogen and oxygen atoms in total. The van der Waals surface area contributed by atoms with Crippen LogP contribution in [0, 0.1) is 0 Å². The summed E-state index contributed by atoms with van der Waals surface area (Å²) in [7, 11) is 0. The van der Waals surface area contributed by atoms with Gasteiger partial charge in [0.1, 0.15) is 17.9 Å². The Kier molecular flexibility index (Phi) is 8.24. The number of carbonyl (C=O) groups excluding carboxylic acids is 2. The predicted molar refractivity (Wildman–Crippen MR) is 162 cm³/mol. The number of likely N-dealkylation sites (tertiary alicyclic amines) is 1. The van der Waals surface area contributed by atoms with Crippen LogP contribution in [0.1, 0.15) is 56.5 Å². The summed E-state index contributed by atoms with van der Waals surface area (Å²) in [5.74, 6) is 7.48. The Morgan fingerprint density at radius 3 is 2.67 bits per heavy atom. The van der Waals surface area contributed by atoms with Crippen molar-refractivity contribution >= 4 is 41.5 Å². The first-order valence-electron chi connectivity index (χ1n) is 14.2. The maximum absolute atomic E-state index is 12.9. The van der Waals surface area contributed by atoms with E-state index in [2.05, 4.69) is 14.9 Å². The van der Waals surface area contributed by atoms with Crippen molar-refractivity contribution in [3.8, 4) is 0 Å². The van der Waals surface area contributed by atoms with Crippen molar-refractivity contribution in [2.75, 3.05) is 24.5 Å². The molecular weight excluding hydrogens is 534 g/mol. The summed E-state index contributed by atoms with van der Waals surface area (Å²) in [6.45, 7) is 9.56. The molecule has 220 valence electrons. The van der Waals surface area contributed by atoms with Gasteiger partial charge in [-0.3, -0.25) is 0 Å². The van der Waals surface area contributed by atoms with Crippen LogP contribution in [-0.4, -0.2) is 64.5 Å². The lowest BCUT2D eigenvalue weighted by Crippen LogP contribution is -2.51. The van der Waals surface area contributed by atoms with E-state index in [0.29, 0.717) is 48.3 Å². The maximum atomic E-state index is 12.9. The topological polar surface area (TPSA) is 123 Å². The monoisotopic (exact) mass is 572 g/mol. The van der Waals surface area contributed by atoms with Crippen LogP contribution in [0.15, 0.2) is 65.8 Å². The number of rotatable bonds is 7. The summed E-state index contributed by atoms with van der Waals surface area (Å²) in [4.78, 5) is 43.3. The molecule has 2 atom stereocenters. The molecule has 1 saturated heterocycles. The number of nitrogens with two attached hydrogens (primary N) is 1. The minimum atomic E-state index is -0.604. The molecule has 0 aliphatic carbocycles. The summed E-state index contributed by atoms with van der Waals surface area (Å²) >= 11 is 0. The first-order chi connectivity index (χ1) is 20.1. The lowest BCUT2D eigenvalue weighted by Gasteiger charge is -2.38. The van der Waals surface area contributed by atoms with E-state index in [-0.39, 0.29) is 23.3 Å². The predicted octanol–water partition coefficient (Wildman–Crippen LogP) is 5.25. The molecule has 2 aromatic carbocycles. The number of benzene rings is 2. The van der Waals surface area contributed by atoms with E-state index < -0.39 is 11.6 Å². The van der Waals surface area contributed by atoms with Gasteiger partial charge in [-0.05, 0) is 58.2 Å². The van der Waals surface area contributed by atoms with Gasteiger partial charge >= 0.3 is 12.1 Å². The molecule has 1 amide bonds. The fourth-order valence-corrected chi connectivity index (χ4v) is 5.23. The fourth-order valence-electron chi connectivity index (χ4n) is 5.23. The number of aromatic nitrogens is 2. The van der Waals surface area contributed by atoms with Gasteiger partial charge in [-0.1, -0.05) is 30.3 Å². The quantitative estimate of drug-likeness (QED) is 0.232. The van der Waals surface area contributed by atoms with Crippen molar-refractivity contribution in [3.63, 3.8) is 0 Å². The number of likely N-dealkylation sites (N-methyl/N-ethyl adjacent to an activating group) is 1. The van der Waals surface area contributed by atoms with Crippen LogP contribution in [0.2, 0.25) is 0 Å². The average molecular weight is 573 g/mol. The number of carbonyl (C=O) groups is 2. The summed E-state index contributed by atoms with van der Waals surface area (Å²) in [5, 5.41) is 0. The molecule has 0 radical (unpaired) electrons. The number of piperidine rings is 1. The number of fused-ring (bicyclic) bond motifs is 1. The van der Waals surface area contributed by atoms with Crippen molar-refractivity contribution in [1.82, 2.24) is 19.5 Å². The van der Waals surface area contributed by atoms with Gasteiger partial charge in [0.05, 0.1) is 5.56 Å². The highest BCUT2D eigenvalue weighted by Crippen LogP contribution is 2.41. The number of hydrogen-bond donors (Lipinski definition) is 1. The third-order valence-electron chi connectivity index (χ3n) is 7.29. The molecule has 3 aromatic rings. The Morgan fingerprint density at radius 2 is 1.93 bits per heavy atom. The first-order valence-corrected chi connectivity index (χ1v) is 14.2. The van der Waals surface area contributed by atoms with Crippen molar-refractivity contribution in [1.29, 1.82) is 0 Å². The van der Waals surface area contributed by atoms with E-state index in [1.165, 1.54) is 0 Å². The van der Waals surface area contributed by atoms with Crippen LogP contribution in [0.4, 0.5) is 27.9 Å². The van der Waals surface area contributed by atoms with Gasteiger partial charge in [0, 0.05) is 44.0 Å². The second-order valence-electron chi connectivity index (χ2n) is 11.5. The highest BCUT2D eigenvalue weighted by atomic mass is 16.6. The second kappa shape index (κ2) is 11.9. The molecular formula is C31H38N7O4+. The third-order valence-corrected chi connectivity index (χ3v) is 7.29.